The van der Waals surface area contributed by atoms with Crippen LogP contribution in [0.15, 0.2) is 24.3 Å². The highest BCUT2D eigenvalue weighted by Gasteiger charge is 2.35. The Hall–Kier alpha value is -1.51. The zero-order valence-corrected chi connectivity index (χ0v) is 8.40. The average Bonchev–Trinajstić information content (AvgIpc) is 2.28. The van der Waals surface area contributed by atoms with E-state index in [1.165, 1.54) is 5.56 Å². The van der Waals surface area contributed by atoms with Crippen molar-refractivity contribution in [2.45, 2.75) is 12.3 Å². The van der Waals surface area contributed by atoms with Gasteiger partial charge in [0.1, 0.15) is 5.75 Å². The lowest BCUT2D eigenvalue weighted by atomic mass is 9.80. The molecule has 0 aromatic heterocycles. The van der Waals surface area contributed by atoms with Gasteiger partial charge in [-0.15, -0.1) is 0 Å². The molecule has 1 saturated heterocycles. The van der Waals surface area contributed by atoms with E-state index in [1.807, 2.05) is 18.2 Å². The Kier molecular flexibility index (Phi) is 1.91. The quantitative estimate of drug-likeness (QED) is 0.690. The average molecular weight is 203 g/mol. The molecule has 1 amide bonds. The number of para-hydroxylation sites is 1. The van der Waals surface area contributed by atoms with Crippen molar-refractivity contribution >= 4 is 5.91 Å². The number of hydrogen-bond acceptors (Lipinski definition) is 2. The molecule has 78 valence electrons. The Balaban J connectivity index is 1.97. The molecule has 2 heterocycles. The van der Waals surface area contributed by atoms with Gasteiger partial charge in [-0.1, -0.05) is 18.2 Å². The number of ether oxygens (including phenoxy) is 1. The molecular formula is C12H13NO2. The minimum atomic E-state index is 0.152. The molecule has 15 heavy (non-hydrogen) atoms. The Morgan fingerprint density at radius 2 is 2.20 bits per heavy atom. The maximum atomic E-state index is 11.3. The Labute approximate surface area is 88.4 Å². The van der Waals surface area contributed by atoms with Crippen LogP contribution in [-0.2, 0) is 4.79 Å². The summed E-state index contributed by atoms with van der Waals surface area (Å²) in [6.45, 7) is 1.43. The van der Waals surface area contributed by atoms with Crippen LogP contribution in [0.1, 0.15) is 17.9 Å². The number of nitrogens with one attached hydrogen (secondary N) is 1. The standard InChI is InChI=1S/C12H13NO2/c14-12-5-8-7-15-11-4-2-1-3-9(11)10(8)6-13-12/h1-4,8,10H,5-7H2,(H,13,14). The first-order chi connectivity index (χ1) is 7.34. The van der Waals surface area contributed by atoms with Crippen molar-refractivity contribution in [3.05, 3.63) is 29.8 Å². The first-order valence-corrected chi connectivity index (χ1v) is 5.33. The van der Waals surface area contributed by atoms with Crippen molar-refractivity contribution in [2.24, 2.45) is 5.92 Å². The first-order valence-electron chi connectivity index (χ1n) is 5.33. The zero-order chi connectivity index (χ0) is 10.3. The maximum absolute atomic E-state index is 11.3. The summed E-state index contributed by atoms with van der Waals surface area (Å²) in [6, 6.07) is 8.12. The summed E-state index contributed by atoms with van der Waals surface area (Å²) in [6.07, 6.45) is 0.596. The number of piperidine rings is 1. The van der Waals surface area contributed by atoms with E-state index in [9.17, 15) is 4.79 Å². The lowest BCUT2D eigenvalue weighted by molar-refractivity contribution is -0.124. The number of amides is 1. The van der Waals surface area contributed by atoms with Crippen molar-refractivity contribution in [3.63, 3.8) is 0 Å². The van der Waals surface area contributed by atoms with Crippen LogP contribution < -0.4 is 10.1 Å². The highest BCUT2D eigenvalue weighted by atomic mass is 16.5. The maximum Gasteiger partial charge on any atom is 0.220 e. The number of fused-ring (bicyclic) bond motifs is 3. The van der Waals surface area contributed by atoms with Crippen LogP contribution in [0.2, 0.25) is 0 Å². The molecule has 3 nitrogen and oxygen atoms in total. The van der Waals surface area contributed by atoms with E-state index < -0.39 is 0 Å². The second-order valence-electron chi connectivity index (χ2n) is 4.22. The summed E-state index contributed by atoms with van der Waals surface area (Å²) in [5, 5.41) is 2.93. The highest BCUT2D eigenvalue weighted by Crippen LogP contribution is 2.39. The summed E-state index contributed by atoms with van der Waals surface area (Å²) < 4.78 is 5.66. The topological polar surface area (TPSA) is 38.3 Å². The summed E-state index contributed by atoms with van der Waals surface area (Å²) in [5.41, 5.74) is 1.24. The number of carbonyl (C=O) groups excluding carboxylic acids is 1. The minimum absolute atomic E-state index is 0.152. The molecule has 1 aromatic rings. The van der Waals surface area contributed by atoms with Gasteiger partial charge < -0.3 is 10.1 Å². The number of carbonyl (C=O) groups is 1. The molecule has 0 aliphatic carbocycles. The Bertz CT molecular complexity index is 402. The molecule has 2 aliphatic rings. The van der Waals surface area contributed by atoms with Crippen molar-refractivity contribution in [1.29, 1.82) is 0 Å². The Morgan fingerprint density at radius 3 is 3.13 bits per heavy atom. The molecule has 0 radical (unpaired) electrons. The predicted molar refractivity (Wildman–Crippen MR) is 55.8 cm³/mol. The van der Waals surface area contributed by atoms with Gasteiger partial charge in [0.2, 0.25) is 5.91 Å². The summed E-state index contributed by atoms with van der Waals surface area (Å²) in [4.78, 5) is 11.3. The van der Waals surface area contributed by atoms with Gasteiger partial charge in [-0.3, -0.25) is 4.79 Å². The van der Waals surface area contributed by atoms with Gasteiger partial charge in [-0.2, -0.15) is 0 Å². The lowest BCUT2D eigenvalue weighted by Gasteiger charge is -2.36. The van der Waals surface area contributed by atoms with E-state index in [0.29, 0.717) is 24.9 Å². The van der Waals surface area contributed by atoms with Crippen LogP contribution >= 0.6 is 0 Å². The van der Waals surface area contributed by atoms with Crippen LogP contribution in [0, 0.1) is 5.92 Å². The summed E-state index contributed by atoms with van der Waals surface area (Å²) >= 11 is 0. The molecule has 0 bridgehead atoms. The van der Waals surface area contributed by atoms with E-state index in [2.05, 4.69) is 11.4 Å². The molecule has 0 spiro atoms. The van der Waals surface area contributed by atoms with Crippen molar-refractivity contribution in [2.75, 3.05) is 13.2 Å². The van der Waals surface area contributed by atoms with Crippen LogP contribution in [0.3, 0.4) is 0 Å². The van der Waals surface area contributed by atoms with Gasteiger partial charge in [0.05, 0.1) is 6.61 Å². The fourth-order valence-corrected chi connectivity index (χ4v) is 2.50. The van der Waals surface area contributed by atoms with Gasteiger partial charge in [0, 0.05) is 24.8 Å². The number of hydrogen-bond donors (Lipinski definition) is 1. The molecule has 2 unspecified atom stereocenters. The minimum Gasteiger partial charge on any atom is -0.493 e. The van der Waals surface area contributed by atoms with Gasteiger partial charge in [0.15, 0.2) is 0 Å². The van der Waals surface area contributed by atoms with E-state index in [0.717, 1.165) is 12.3 Å². The van der Waals surface area contributed by atoms with Crippen LogP contribution in [0.25, 0.3) is 0 Å². The summed E-state index contributed by atoms with van der Waals surface area (Å²) in [5.74, 6) is 1.93. The van der Waals surface area contributed by atoms with Gasteiger partial charge in [-0.05, 0) is 11.6 Å². The molecule has 2 aliphatic heterocycles. The SMILES string of the molecule is O=C1CC2COc3ccccc3C2CN1. The molecule has 0 saturated carbocycles. The van der Waals surface area contributed by atoms with Crippen molar-refractivity contribution < 1.29 is 9.53 Å². The molecule has 3 heteroatoms. The molecule has 1 N–H and O–H groups in total. The largest absolute Gasteiger partial charge is 0.493 e. The second-order valence-corrected chi connectivity index (χ2v) is 4.22. The van der Waals surface area contributed by atoms with E-state index in [1.54, 1.807) is 0 Å². The molecule has 2 atom stereocenters. The van der Waals surface area contributed by atoms with Crippen LogP contribution in [0.5, 0.6) is 5.75 Å². The third kappa shape index (κ3) is 1.39. The van der Waals surface area contributed by atoms with E-state index in [4.69, 9.17) is 4.74 Å². The van der Waals surface area contributed by atoms with Gasteiger partial charge in [0.25, 0.3) is 0 Å². The number of benzene rings is 1. The van der Waals surface area contributed by atoms with Crippen molar-refractivity contribution in [1.82, 2.24) is 5.32 Å². The second kappa shape index (κ2) is 3.26. The van der Waals surface area contributed by atoms with Gasteiger partial charge in [-0.25, -0.2) is 0 Å². The zero-order valence-electron chi connectivity index (χ0n) is 8.40. The van der Waals surface area contributed by atoms with Gasteiger partial charge >= 0.3 is 0 Å². The first kappa shape index (κ1) is 8.77. The smallest absolute Gasteiger partial charge is 0.220 e. The Morgan fingerprint density at radius 1 is 1.33 bits per heavy atom. The molecule has 1 fully saturated rings. The summed E-state index contributed by atoms with van der Waals surface area (Å²) in [7, 11) is 0. The molecule has 3 rings (SSSR count). The third-order valence-electron chi connectivity index (χ3n) is 3.31. The third-order valence-corrected chi connectivity index (χ3v) is 3.31. The normalized spacial score (nSPS) is 28.4. The number of rotatable bonds is 0. The van der Waals surface area contributed by atoms with E-state index in [-0.39, 0.29) is 5.91 Å². The monoisotopic (exact) mass is 203 g/mol. The van der Waals surface area contributed by atoms with E-state index >= 15 is 0 Å². The fourth-order valence-electron chi connectivity index (χ4n) is 2.50. The predicted octanol–water partition coefficient (Wildman–Crippen LogP) is 1.30. The fraction of sp³-hybridized carbons (Fsp3) is 0.417. The van der Waals surface area contributed by atoms with Crippen LogP contribution in [-0.4, -0.2) is 19.1 Å². The van der Waals surface area contributed by atoms with Crippen LogP contribution in [0.4, 0.5) is 0 Å². The van der Waals surface area contributed by atoms with Crippen molar-refractivity contribution in [3.8, 4) is 5.75 Å². The molecule has 1 aromatic carbocycles. The molecular weight excluding hydrogens is 190 g/mol. The highest BCUT2D eigenvalue weighted by molar-refractivity contribution is 5.77. The lowest BCUT2D eigenvalue weighted by Crippen LogP contribution is -2.43.